The number of hydrogen-bond acceptors (Lipinski definition) is 2. The number of nitrogens with one attached hydrogen (secondary N) is 1. The molecule has 3 nitrogen and oxygen atoms in total. The van der Waals surface area contributed by atoms with E-state index in [1.54, 1.807) is 5.32 Å². The molecular formula is C9H7ClF3NO2. The predicted molar refractivity (Wildman–Crippen MR) is 51.5 cm³/mol. The van der Waals surface area contributed by atoms with Gasteiger partial charge in [-0.15, -0.1) is 0 Å². The Kier molecular flexibility index (Phi) is 4.00. The molecule has 0 saturated heterocycles. The SMILES string of the molecule is O=C(NCC(F)(F)F)Oc1ccc(Cl)cc1. The predicted octanol–water partition coefficient (Wildman–Crippen LogP) is 2.99. The molecule has 0 aliphatic rings. The van der Waals surface area contributed by atoms with Crippen LogP contribution >= 0.6 is 11.6 Å². The van der Waals surface area contributed by atoms with Gasteiger partial charge in [-0.05, 0) is 24.3 Å². The second-order valence-corrected chi connectivity index (χ2v) is 3.25. The summed E-state index contributed by atoms with van der Waals surface area (Å²) in [7, 11) is 0. The Balaban J connectivity index is 2.43. The number of benzene rings is 1. The topological polar surface area (TPSA) is 38.3 Å². The molecule has 0 aliphatic carbocycles. The van der Waals surface area contributed by atoms with Gasteiger partial charge in [-0.2, -0.15) is 13.2 Å². The van der Waals surface area contributed by atoms with Gasteiger partial charge in [-0.25, -0.2) is 4.79 Å². The molecule has 0 heterocycles. The van der Waals surface area contributed by atoms with Crippen molar-refractivity contribution in [2.75, 3.05) is 6.54 Å². The van der Waals surface area contributed by atoms with Crippen molar-refractivity contribution in [3.8, 4) is 5.75 Å². The second kappa shape index (κ2) is 5.07. The first kappa shape index (κ1) is 12.6. The molecule has 7 heteroatoms. The van der Waals surface area contributed by atoms with Gasteiger partial charge in [0.15, 0.2) is 0 Å². The summed E-state index contributed by atoms with van der Waals surface area (Å²) in [5.74, 6) is 0.115. The van der Waals surface area contributed by atoms with Crippen LogP contribution in [-0.4, -0.2) is 18.8 Å². The van der Waals surface area contributed by atoms with Gasteiger partial charge in [-0.3, -0.25) is 0 Å². The van der Waals surface area contributed by atoms with E-state index in [0.717, 1.165) is 0 Å². The highest BCUT2D eigenvalue weighted by Gasteiger charge is 2.28. The van der Waals surface area contributed by atoms with E-state index in [1.165, 1.54) is 24.3 Å². The normalized spacial score (nSPS) is 11.0. The van der Waals surface area contributed by atoms with Crippen LogP contribution in [0.15, 0.2) is 24.3 Å². The molecule has 0 spiro atoms. The summed E-state index contributed by atoms with van der Waals surface area (Å²) < 4.78 is 39.7. The minimum atomic E-state index is -4.46. The van der Waals surface area contributed by atoms with Crippen LogP contribution in [0.2, 0.25) is 5.02 Å². The highest BCUT2D eigenvalue weighted by atomic mass is 35.5. The third-order valence-electron chi connectivity index (χ3n) is 1.46. The highest BCUT2D eigenvalue weighted by Crippen LogP contribution is 2.16. The maximum atomic E-state index is 11.7. The van der Waals surface area contributed by atoms with Gasteiger partial charge < -0.3 is 10.1 Å². The summed E-state index contributed by atoms with van der Waals surface area (Å²) in [6, 6.07) is 5.65. The van der Waals surface area contributed by atoms with Crippen LogP contribution in [0.5, 0.6) is 5.75 Å². The molecule has 1 aromatic rings. The van der Waals surface area contributed by atoms with E-state index in [-0.39, 0.29) is 5.75 Å². The zero-order valence-electron chi connectivity index (χ0n) is 7.84. The molecule has 88 valence electrons. The number of ether oxygens (including phenoxy) is 1. The van der Waals surface area contributed by atoms with Crippen molar-refractivity contribution in [2.45, 2.75) is 6.18 Å². The number of carbonyl (C=O) groups is 1. The number of alkyl halides is 3. The molecule has 0 fully saturated rings. The standard InChI is InChI=1S/C9H7ClF3NO2/c10-6-1-3-7(4-2-6)16-8(15)14-5-9(11,12)13/h1-4H,5H2,(H,14,15). The Hall–Kier alpha value is -1.43. The first-order chi connectivity index (χ1) is 7.37. The van der Waals surface area contributed by atoms with Gasteiger partial charge in [0.1, 0.15) is 12.3 Å². The Morgan fingerprint density at radius 2 is 1.88 bits per heavy atom. The van der Waals surface area contributed by atoms with Crippen molar-refractivity contribution >= 4 is 17.7 Å². The zero-order chi connectivity index (χ0) is 12.2. The highest BCUT2D eigenvalue weighted by molar-refractivity contribution is 6.30. The molecule has 1 aromatic carbocycles. The van der Waals surface area contributed by atoms with E-state index in [4.69, 9.17) is 11.6 Å². The van der Waals surface area contributed by atoms with E-state index in [2.05, 4.69) is 4.74 Å². The van der Waals surface area contributed by atoms with Crippen molar-refractivity contribution in [1.29, 1.82) is 0 Å². The van der Waals surface area contributed by atoms with E-state index in [0.29, 0.717) is 5.02 Å². The van der Waals surface area contributed by atoms with Crippen molar-refractivity contribution < 1.29 is 22.7 Å². The van der Waals surface area contributed by atoms with Crippen molar-refractivity contribution in [3.05, 3.63) is 29.3 Å². The van der Waals surface area contributed by atoms with Crippen LogP contribution in [0.4, 0.5) is 18.0 Å². The van der Waals surface area contributed by atoms with Crippen molar-refractivity contribution in [2.24, 2.45) is 0 Å². The molecule has 16 heavy (non-hydrogen) atoms. The van der Waals surface area contributed by atoms with Gasteiger partial charge >= 0.3 is 12.3 Å². The van der Waals surface area contributed by atoms with E-state index >= 15 is 0 Å². The maximum Gasteiger partial charge on any atom is 0.412 e. The Morgan fingerprint density at radius 1 is 1.31 bits per heavy atom. The summed E-state index contributed by atoms with van der Waals surface area (Å²) in [5.41, 5.74) is 0. The average Bonchev–Trinajstić information content (AvgIpc) is 2.18. The third-order valence-corrected chi connectivity index (χ3v) is 1.71. The third kappa shape index (κ3) is 4.88. The lowest BCUT2D eigenvalue weighted by molar-refractivity contribution is -0.123. The fraction of sp³-hybridized carbons (Fsp3) is 0.222. The van der Waals surface area contributed by atoms with Crippen molar-refractivity contribution in [1.82, 2.24) is 5.32 Å². The largest absolute Gasteiger partial charge is 0.412 e. The summed E-state index contributed by atoms with van der Waals surface area (Å²) in [4.78, 5) is 10.9. The number of carbonyl (C=O) groups excluding carboxylic acids is 1. The van der Waals surface area contributed by atoms with Crippen LogP contribution in [0.25, 0.3) is 0 Å². The molecule has 0 atom stereocenters. The molecular weight excluding hydrogens is 247 g/mol. The first-order valence-corrected chi connectivity index (χ1v) is 4.52. The summed E-state index contributed by atoms with van der Waals surface area (Å²) in [6.45, 7) is -1.43. The van der Waals surface area contributed by atoms with Gasteiger partial charge in [0, 0.05) is 5.02 Å². The Bertz CT molecular complexity index is 364. The molecule has 0 unspecified atom stereocenters. The molecule has 0 aliphatic heterocycles. The Labute approximate surface area is 94.2 Å². The van der Waals surface area contributed by atoms with Crippen LogP contribution in [0.3, 0.4) is 0 Å². The molecule has 0 aromatic heterocycles. The summed E-state index contributed by atoms with van der Waals surface area (Å²) in [6.07, 6.45) is -5.63. The van der Waals surface area contributed by atoms with Crippen molar-refractivity contribution in [3.63, 3.8) is 0 Å². The lowest BCUT2D eigenvalue weighted by Crippen LogP contribution is -2.35. The van der Waals surface area contributed by atoms with Gasteiger partial charge in [0.2, 0.25) is 0 Å². The van der Waals surface area contributed by atoms with E-state index in [9.17, 15) is 18.0 Å². The summed E-state index contributed by atoms with van der Waals surface area (Å²) in [5, 5.41) is 2.00. The van der Waals surface area contributed by atoms with Crippen LogP contribution in [0, 0.1) is 0 Å². The quantitative estimate of drug-likeness (QED) is 0.880. The average molecular weight is 254 g/mol. The minimum absolute atomic E-state index is 0.115. The van der Waals surface area contributed by atoms with Gasteiger partial charge in [0.05, 0.1) is 0 Å². The molecule has 0 bridgehead atoms. The fourth-order valence-electron chi connectivity index (χ4n) is 0.818. The smallest absolute Gasteiger partial charge is 0.410 e. The van der Waals surface area contributed by atoms with E-state index < -0.39 is 18.8 Å². The lowest BCUT2D eigenvalue weighted by Gasteiger charge is -2.08. The number of rotatable bonds is 2. The van der Waals surface area contributed by atoms with E-state index in [1.807, 2.05) is 0 Å². The molecule has 0 saturated carbocycles. The minimum Gasteiger partial charge on any atom is -0.410 e. The number of amides is 1. The van der Waals surface area contributed by atoms with Gasteiger partial charge in [0.25, 0.3) is 0 Å². The number of halogens is 4. The summed E-state index contributed by atoms with van der Waals surface area (Å²) >= 11 is 5.56. The van der Waals surface area contributed by atoms with Crippen LogP contribution < -0.4 is 10.1 Å². The molecule has 1 rings (SSSR count). The Morgan fingerprint density at radius 3 is 2.38 bits per heavy atom. The maximum absolute atomic E-state index is 11.7. The molecule has 1 amide bonds. The number of hydrogen-bond donors (Lipinski definition) is 1. The molecule has 1 N–H and O–H groups in total. The second-order valence-electron chi connectivity index (χ2n) is 2.81. The first-order valence-electron chi connectivity index (χ1n) is 4.15. The van der Waals surface area contributed by atoms with Gasteiger partial charge in [-0.1, -0.05) is 11.6 Å². The fourth-order valence-corrected chi connectivity index (χ4v) is 0.944. The van der Waals surface area contributed by atoms with Crippen LogP contribution in [0.1, 0.15) is 0 Å². The van der Waals surface area contributed by atoms with Crippen LogP contribution in [-0.2, 0) is 0 Å². The zero-order valence-corrected chi connectivity index (χ0v) is 8.60. The lowest BCUT2D eigenvalue weighted by atomic mass is 10.3. The molecule has 0 radical (unpaired) electrons. The monoisotopic (exact) mass is 253 g/mol.